The Bertz CT molecular complexity index is 419. The number of benzene rings is 1. The Morgan fingerprint density at radius 3 is 2.73 bits per heavy atom. The molecule has 0 amide bonds. The van der Waals surface area contributed by atoms with Gasteiger partial charge in [0.25, 0.3) is 0 Å². The van der Waals surface area contributed by atoms with Gasteiger partial charge in [-0.2, -0.15) is 0 Å². The lowest BCUT2D eigenvalue weighted by Gasteiger charge is -2.05. The standard InChI is InChI=1S/C14H16O/c1-4-5-6-7-13-10-14(12(3)15)9-8-11(13)2/h8-10H,6-7H2,1-3H3. The normalized spacial score (nSPS) is 9.27. The Balaban J connectivity index is 2.88. The number of hydrogen-bond donors (Lipinski definition) is 0. The lowest BCUT2D eigenvalue weighted by Crippen LogP contribution is -1.96. The van der Waals surface area contributed by atoms with Crippen LogP contribution in [0.25, 0.3) is 0 Å². The molecule has 0 unspecified atom stereocenters. The molecular weight excluding hydrogens is 184 g/mol. The van der Waals surface area contributed by atoms with Crippen LogP contribution in [-0.4, -0.2) is 5.78 Å². The average molecular weight is 200 g/mol. The number of carbonyl (C=O) groups excluding carboxylic acids is 1. The monoisotopic (exact) mass is 200 g/mol. The van der Waals surface area contributed by atoms with E-state index in [2.05, 4.69) is 18.8 Å². The topological polar surface area (TPSA) is 17.1 Å². The third-order valence-electron chi connectivity index (χ3n) is 2.45. The fraction of sp³-hybridized carbons (Fsp3) is 0.357. The fourth-order valence-corrected chi connectivity index (χ4v) is 1.48. The van der Waals surface area contributed by atoms with Gasteiger partial charge in [-0.05, 0) is 44.4 Å². The summed E-state index contributed by atoms with van der Waals surface area (Å²) in [5.74, 6) is 6.04. The second-order valence-electron chi connectivity index (χ2n) is 3.62. The third-order valence-corrected chi connectivity index (χ3v) is 2.45. The minimum absolute atomic E-state index is 0.123. The molecule has 0 radical (unpaired) electrons. The van der Waals surface area contributed by atoms with Crippen molar-refractivity contribution in [1.29, 1.82) is 0 Å². The molecule has 0 atom stereocenters. The van der Waals surface area contributed by atoms with E-state index < -0.39 is 0 Å². The van der Waals surface area contributed by atoms with Gasteiger partial charge in [-0.25, -0.2) is 0 Å². The van der Waals surface area contributed by atoms with E-state index in [1.165, 1.54) is 11.1 Å². The maximum Gasteiger partial charge on any atom is 0.159 e. The summed E-state index contributed by atoms with van der Waals surface area (Å²) < 4.78 is 0. The number of hydrogen-bond acceptors (Lipinski definition) is 1. The molecule has 0 heterocycles. The summed E-state index contributed by atoms with van der Waals surface area (Å²) in [6.07, 6.45) is 1.78. The highest BCUT2D eigenvalue weighted by Crippen LogP contribution is 2.13. The van der Waals surface area contributed by atoms with Crippen LogP contribution >= 0.6 is 0 Å². The molecule has 1 rings (SSSR count). The van der Waals surface area contributed by atoms with Crippen molar-refractivity contribution < 1.29 is 4.79 Å². The maximum absolute atomic E-state index is 11.2. The molecule has 1 aromatic rings. The molecule has 1 heteroatoms. The number of ketones is 1. The van der Waals surface area contributed by atoms with E-state index in [-0.39, 0.29) is 5.78 Å². The van der Waals surface area contributed by atoms with Crippen molar-refractivity contribution in [3.63, 3.8) is 0 Å². The van der Waals surface area contributed by atoms with Crippen molar-refractivity contribution in [2.45, 2.75) is 33.6 Å². The van der Waals surface area contributed by atoms with Crippen LogP contribution < -0.4 is 0 Å². The first kappa shape index (κ1) is 11.5. The highest BCUT2D eigenvalue weighted by molar-refractivity contribution is 5.94. The number of rotatable bonds is 3. The highest BCUT2D eigenvalue weighted by Gasteiger charge is 2.03. The Morgan fingerprint density at radius 2 is 2.13 bits per heavy atom. The largest absolute Gasteiger partial charge is 0.295 e. The Kier molecular flexibility index (Phi) is 4.12. The molecule has 0 fully saturated rings. The van der Waals surface area contributed by atoms with Gasteiger partial charge in [0, 0.05) is 12.0 Å². The van der Waals surface area contributed by atoms with E-state index in [0.29, 0.717) is 0 Å². The van der Waals surface area contributed by atoms with Gasteiger partial charge >= 0.3 is 0 Å². The molecule has 0 aliphatic rings. The highest BCUT2D eigenvalue weighted by atomic mass is 16.1. The van der Waals surface area contributed by atoms with Crippen LogP contribution in [0, 0.1) is 18.8 Å². The zero-order valence-corrected chi connectivity index (χ0v) is 9.55. The summed E-state index contributed by atoms with van der Waals surface area (Å²) in [6, 6.07) is 5.87. The minimum Gasteiger partial charge on any atom is -0.295 e. The van der Waals surface area contributed by atoms with Crippen molar-refractivity contribution in [3.8, 4) is 11.8 Å². The van der Waals surface area contributed by atoms with Gasteiger partial charge in [-0.15, -0.1) is 11.8 Å². The first-order valence-corrected chi connectivity index (χ1v) is 5.15. The molecule has 0 saturated carbocycles. The van der Waals surface area contributed by atoms with Crippen LogP contribution in [0.4, 0.5) is 0 Å². The van der Waals surface area contributed by atoms with Crippen LogP contribution in [0.15, 0.2) is 18.2 Å². The van der Waals surface area contributed by atoms with Crippen LogP contribution in [0.1, 0.15) is 41.8 Å². The van der Waals surface area contributed by atoms with Gasteiger partial charge in [0.2, 0.25) is 0 Å². The van der Waals surface area contributed by atoms with Crippen LogP contribution in [0.5, 0.6) is 0 Å². The number of aryl methyl sites for hydroxylation is 2. The molecular formula is C14H16O. The molecule has 1 nitrogen and oxygen atoms in total. The fourth-order valence-electron chi connectivity index (χ4n) is 1.48. The summed E-state index contributed by atoms with van der Waals surface area (Å²) in [6.45, 7) is 5.51. The van der Waals surface area contributed by atoms with Crippen LogP contribution in [0.2, 0.25) is 0 Å². The third kappa shape index (κ3) is 3.25. The molecule has 0 aliphatic heterocycles. The summed E-state index contributed by atoms with van der Waals surface area (Å²) >= 11 is 0. The molecule has 0 aliphatic carbocycles. The van der Waals surface area contributed by atoms with Gasteiger partial charge in [0.05, 0.1) is 0 Å². The first-order chi connectivity index (χ1) is 7.15. The molecule has 0 spiro atoms. The van der Waals surface area contributed by atoms with Gasteiger partial charge < -0.3 is 0 Å². The molecule has 0 saturated heterocycles. The summed E-state index contributed by atoms with van der Waals surface area (Å²) in [5.41, 5.74) is 3.25. The van der Waals surface area contributed by atoms with Crippen LogP contribution in [-0.2, 0) is 6.42 Å². The molecule has 0 aromatic heterocycles. The Morgan fingerprint density at radius 1 is 1.40 bits per heavy atom. The van der Waals surface area contributed by atoms with E-state index in [1.807, 2.05) is 25.1 Å². The summed E-state index contributed by atoms with van der Waals surface area (Å²) in [7, 11) is 0. The zero-order chi connectivity index (χ0) is 11.3. The smallest absolute Gasteiger partial charge is 0.159 e. The molecule has 0 N–H and O–H groups in total. The number of Topliss-reactive ketones (excluding diaryl/α,β-unsaturated/α-hetero) is 1. The van der Waals surface area contributed by atoms with E-state index in [4.69, 9.17) is 0 Å². The predicted octanol–water partition coefficient (Wildman–Crippen LogP) is 3.15. The van der Waals surface area contributed by atoms with Gasteiger partial charge in [0.1, 0.15) is 0 Å². The van der Waals surface area contributed by atoms with Crippen molar-refractivity contribution in [3.05, 3.63) is 34.9 Å². The Hall–Kier alpha value is -1.55. The lowest BCUT2D eigenvalue weighted by molar-refractivity contribution is 0.101. The van der Waals surface area contributed by atoms with Crippen molar-refractivity contribution in [2.24, 2.45) is 0 Å². The number of carbonyl (C=O) groups is 1. The molecule has 78 valence electrons. The lowest BCUT2D eigenvalue weighted by atomic mass is 9.99. The van der Waals surface area contributed by atoms with Crippen molar-refractivity contribution >= 4 is 5.78 Å². The van der Waals surface area contributed by atoms with Gasteiger partial charge in [-0.3, -0.25) is 4.79 Å². The van der Waals surface area contributed by atoms with Crippen molar-refractivity contribution in [2.75, 3.05) is 0 Å². The summed E-state index contributed by atoms with van der Waals surface area (Å²) in [4.78, 5) is 11.2. The van der Waals surface area contributed by atoms with E-state index >= 15 is 0 Å². The Labute approximate surface area is 91.5 Å². The van der Waals surface area contributed by atoms with E-state index in [1.54, 1.807) is 6.92 Å². The minimum atomic E-state index is 0.123. The zero-order valence-electron chi connectivity index (χ0n) is 9.55. The van der Waals surface area contributed by atoms with Crippen molar-refractivity contribution in [1.82, 2.24) is 0 Å². The van der Waals surface area contributed by atoms with Gasteiger partial charge in [0.15, 0.2) is 5.78 Å². The van der Waals surface area contributed by atoms with E-state index in [9.17, 15) is 4.79 Å². The van der Waals surface area contributed by atoms with E-state index in [0.717, 1.165) is 18.4 Å². The average Bonchev–Trinajstić information content (AvgIpc) is 2.20. The van der Waals surface area contributed by atoms with Crippen LogP contribution in [0.3, 0.4) is 0 Å². The predicted molar refractivity (Wildman–Crippen MR) is 63.0 cm³/mol. The SMILES string of the molecule is CC#CCCc1cc(C(C)=O)ccc1C. The summed E-state index contributed by atoms with van der Waals surface area (Å²) in [5, 5.41) is 0. The molecule has 0 bridgehead atoms. The second kappa shape index (κ2) is 5.36. The maximum atomic E-state index is 11.2. The van der Waals surface area contributed by atoms with Gasteiger partial charge in [-0.1, -0.05) is 12.1 Å². The molecule has 1 aromatic carbocycles. The first-order valence-electron chi connectivity index (χ1n) is 5.15. The quantitative estimate of drug-likeness (QED) is 0.541. The second-order valence-corrected chi connectivity index (χ2v) is 3.62. The molecule has 15 heavy (non-hydrogen) atoms.